The van der Waals surface area contributed by atoms with E-state index in [0.29, 0.717) is 11.3 Å². The number of hydrogen-bond donors (Lipinski definition) is 4. The Morgan fingerprint density at radius 1 is 1.34 bits per heavy atom. The highest BCUT2D eigenvalue weighted by molar-refractivity contribution is 8.00. The van der Waals surface area contributed by atoms with Crippen molar-refractivity contribution in [1.29, 1.82) is 0 Å². The Morgan fingerprint density at radius 2 is 2.09 bits per heavy atom. The minimum Gasteiger partial charge on any atom is -0.477 e. The van der Waals surface area contributed by atoms with Crippen LogP contribution in [0, 0.1) is 0 Å². The fourth-order valence-electron chi connectivity index (χ4n) is 3.28. The number of carboxylic acid groups (broad SMARTS) is 1. The number of nitrogens with two attached hydrogens (primary N) is 1. The summed E-state index contributed by atoms with van der Waals surface area (Å²) in [5.41, 5.74) is 5.58. The fraction of sp³-hybridized carbons (Fsp3) is 0.158. The molecule has 2 aliphatic heterocycles. The van der Waals surface area contributed by atoms with Crippen molar-refractivity contribution in [3.05, 3.63) is 59.0 Å². The largest absolute Gasteiger partial charge is 0.477 e. The lowest BCUT2D eigenvalue weighted by atomic mass is 10.0. The van der Waals surface area contributed by atoms with Gasteiger partial charge >= 0.3 is 5.97 Å². The molecule has 164 valence electrons. The number of aromatic nitrogens is 2. The minimum atomic E-state index is -1.23. The number of allylic oxidation sites excluding steroid dienone is 1. The molecule has 0 unspecified atom stereocenters. The molecule has 13 heteroatoms. The number of anilines is 1. The van der Waals surface area contributed by atoms with Gasteiger partial charge in [0.05, 0.1) is 0 Å². The molecule has 0 aromatic carbocycles. The maximum absolute atomic E-state index is 12.8. The van der Waals surface area contributed by atoms with Crippen molar-refractivity contribution in [2.24, 2.45) is 5.16 Å². The van der Waals surface area contributed by atoms with E-state index in [9.17, 15) is 24.7 Å². The minimum absolute atomic E-state index is 0.0735. The van der Waals surface area contributed by atoms with E-state index >= 15 is 0 Å². The van der Waals surface area contributed by atoms with E-state index in [1.807, 2.05) is 18.2 Å². The maximum Gasteiger partial charge on any atom is 0.352 e. The third-order valence-corrected chi connectivity index (χ3v) is 6.73. The highest BCUT2D eigenvalue weighted by Crippen LogP contribution is 2.40. The van der Waals surface area contributed by atoms with E-state index in [4.69, 9.17) is 5.73 Å². The first kappa shape index (κ1) is 21.5. The molecule has 0 radical (unpaired) electrons. The van der Waals surface area contributed by atoms with Crippen LogP contribution in [-0.2, 0) is 14.4 Å². The number of fused-ring (bicyclic) bond motifs is 1. The normalized spacial score (nSPS) is 20.8. The predicted octanol–water partition coefficient (Wildman–Crippen LogP) is 0.101. The van der Waals surface area contributed by atoms with Crippen LogP contribution in [0.4, 0.5) is 5.13 Å². The van der Waals surface area contributed by atoms with Gasteiger partial charge in [0.15, 0.2) is 29.4 Å². The molecule has 1 fully saturated rings. The Balaban J connectivity index is 1.52. The number of pyridine rings is 1. The van der Waals surface area contributed by atoms with Crippen molar-refractivity contribution in [2.75, 3.05) is 11.5 Å². The average molecular weight is 474 g/mol. The summed E-state index contributed by atoms with van der Waals surface area (Å²) >= 11 is 2.39. The van der Waals surface area contributed by atoms with Crippen molar-refractivity contribution in [3.63, 3.8) is 0 Å². The zero-order valence-corrected chi connectivity index (χ0v) is 17.9. The number of thioether (sulfide) groups is 1. The van der Waals surface area contributed by atoms with E-state index in [-0.39, 0.29) is 22.2 Å². The van der Waals surface area contributed by atoms with Crippen LogP contribution >= 0.6 is 23.1 Å². The van der Waals surface area contributed by atoms with E-state index in [0.717, 1.165) is 16.2 Å². The molecule has 4 heterocycles. The number of aliphatic carboxylic acids is 1. The molecule has 2 amide bonds. The smallest absolute Gasteiger partial charge is 0.352 e. The second-order valence-corrected chi connectivity index (χ2v) is 8.69. The van der Waals surface area contributed by atoms with Crippen LogP contribution in [0.3, 0.4) is 0 Å². The van der Waals surface area contributed by atoms with Gasteiger partial charge in [-0.1, -0.05) is 11.2 Å². The maximum atomic E-state index is 12.8. The van der Waals surface area contributed by atoms with E-state index in [1.54, 1.807) is 29.2 Å². The number of carbonyl (C=O) groups excluding carboxylic acids is 2. The summed E-state index contributed by atoms with van der Waals surface area (Å²) in [5.74, 6) is -2.29. The molecule has 11 nitrogen and oxygen atoms in total. The Morgan fingerprint density at radius 3 is 2.72 bits per heavy atom. The zero-order chi connectivity index (χ0) is 22.8. The number of carbonyl (C=O) groups is 3. The third kappa shape index (κ3) is 3.94. The van der Waals surface area contributed by atoms with Gasteiger partial charge in [-0.25, -0.2) is 9.78 Å². The summed E-state index contributed by atoms with van der Waals surface area (Å²) < 4.78 is 1.76. The van der Waals surface area contributed by atoms with Gasteiger partial charge in [0.2, 0.25) is 0 Å². The fourth-order valence-corrected chi connectivity index (χ4v) is 5.14. The molecule has 0 bridgehead atoms. The highest BCUT2D eigenvalue weighted by atomic mass is 32.2. The average Bonchev–Trinajstić information content (AvgIpc) is 3.22. The number of nitrogens with zero attached hydrogens (tertiary/aromatic N) is 4. The first-order chi connectivity index (χ1) is 15.4. The predicted molar refractivity (Wildman–Crippen MR) is 117 cm³/mol. The number of rotatable bonds is 6. The number of amides is 2. The van der Waals surface area contributed by atoms with E-state index < -0.39 is 29.2 Å². The quantitative estimate of drug-likeness (QED) is 0.151. The number of β-lactam (4-membered cyclic amide) rings is 1. The van der Waals surface area contributed by atoms with Gasteiger partial charge in [0, 0.05) is 29.3 Å². The van der Waals surface area contributed by atoms with Gasteiger partial charge in [-0.3, -0.25) is 14.5 Å². The van der Waals surface area contributed by atoms with Crippen LogP contribution < -0.4 is 15.6 Å². The number of thiazole rings is 1. The van der Waals surface area contributed by atoms with E-state index in [2.05, 4.69) is 15.5 Å². The monoisotopic (exact) mass is 473 g/mol. The van der Waals surface area contributed by atoms with Crippen molar-refractivity contribution in [3.8, 4) is 0 Å². The van der Waals surface area contributed by atoms with Crippen LogP contribution in [-0.4, -0.2) is 60.9 Å². The molecule has 2 aliphatic rings. The summed E-state index contributed by atoms with van der Waals surface area (Å²) in [6.07, 6.45) is 6.95. The molecule has 0 aliphatic carbocycles. The van der Waals surface area contributed by atoms with Crippen LogP contribution in [0.15, 0.2) is 58.5 Å². The van der Waals surface area contributed by atoms with Gasteiger partial charge in [-0.15, -0.1) is 23.1 Å². The summed E-state index contributed by atoms with van der Waals surface area (Å²) in [6.45, 7) is 0. The third-order valence-electron chi connectivity index (χ3n) is 4.75. The van der Waals surface area contributed by atoms with Crippen molar-refractivity contribution in [1.82, 2.24) is 15.2 Å². The number of nitrogens with one attached hydrogen (secondary N) is 1. The zero-order valence-electron chi connectivity index (χ0n) is 16.3. The van der Waals surface area contributed by atoms with Gasteiger partial charge in [0.25, 0.3) is 11.8 Å². The first-order valence-corrected chi connectivity index (χ1v) is 11.1. The van der Waals surface area contributed by atoms with Crippen molar-refractivity contribution >= 4 is 57.9 Å². The second-order valence-electron chi connectivity index (χ2n) is 6.70. The molecule has 32 heavy (non-hydrogen) atoms. The Hall–Kier alpha value is -3.71. The molecule has 5 N–H and O–H groups in total. The number of oxime groups is 1. The molecule has 2 aromatic rings. The van der Waals surface area contributed by atoms with Gasteiger partial charge < -0.3 is 21.4 Å². The molecule has 2 atom stereocenters. The number of nitrogen functional groups attached to an aromatic ring is 1. The number of hydrogen-bond acceptors (Lipinski definition) is 9. The standard InChI is InChI=1S/C19H16N6O5S2/c20-19-21-11(9-32-19)12(23-30)15(26)22-13-16(27)25-14(18(28)29)10(8-31-17(13)25)4-7-24-5-2-1-3-6-24/h1-7,9,13,17H,8H2,(H4-,20,21,22,26,28,29,30)/p+1/b7-4+/t13-,17-/m1/s1. The molecule has 2 aromatic heterocycles. The molecular weight excluding hydrogens is 456 g/mol. The molecule has 4 rings (SSSR count). The van der Waals surface area contributed by atoms with Crippen LogP contribution in [0.2, 0.25) is 0 Å². The van der Waals surface area contributed by atoms with Crippen LogP contribution in [0.5, 0.6) is 0 Å². The topological polar surface area (TPSA) is 162 Å². The number of carboxylic acids is 1. The highest BCUT2D eigenvalue weighted by Gasteiger charge is 2.54. The van der Waals surface area contributed by atoms with Crippen molar-refractivity contribution < 1.29 is 29.3 Å². The first-order valence-electron chi connectivity index (χ1n) is 9.20. The lowest BCUT2D eigenvalue weighted by molar-refractivity contribution is -0.568. The van der Waals surface area contributed by atoms with Gasteiger partial charge in [0.1, 0.15) is 22.8 Å². The van der Waals surface area contributed by atoms with Gasteiger partial charge in [-0.05, 0) is 5.57 Å². The van der Waals surface area contributed by atoms with E-state index in [1.165, 1.54) is 17.1 Å². The van der Waals surface area contributed by atoms with Crippen molar-refractivity contribution in [2.45, 2.75) is 11.4 Å². The molecular formula is C19H17N6O5S2+. The summed E-state index contributed by atoms with van der Waals surface area (Å²) in [6, 6.07) is 4.55. The lowest BCUT2D eigenvalue weighted by Gasteiger charge is -2.49. The Kier molecular flexibility index (Phi) is 5.92. The summed E-state index contributed by atoms with van der Waals surface area (Å²) in [4.78, 5) is 42.3. The Labute approximate surface area is 189 Å². The van der Waals surface area contributed by atoms with Crippen LogP contribution in [0.25, 0.3) is 6.20 Å². The Bertz CT molecular complexity index is 1180. The van der Waals surface area contributed by atoms with Crippen LogP contribution in [0.1, 0.15) is 5.69 Å². The SMILES string of the molecule is Nc1nc(/C(=N\O)C(=O)N[C@@H]2C(=O)N3C(C(=O)O)=C(/C=C/[n+]4ccccc4)CS[C@H]23)cs1. The lowest BCUT2D eigenvalue weighted by Crippen LogP contribution is -2.71. The second kappa shape index (κ2) is 8.80. The van der Waals surface area contributed by atoms with Gasteiger partial charge in [-0.2, -0.15) is 4.57 Å². The summed E-state index contributed by atoms with van der Waals surface area (Å²) in [5, 5.41) is 25.5. The molecule has 0 spiro atoms. The molecule has 0 saturated carbocycles. The summed E-state index contributed by atoms with van der Waals surface area (Å²) in [7, 11) is 0. The molecule has 1 saturated heterocycles.